The zero-order chi connectivity index (χ0) is 22.5. The van der Waals surface area contributed by atoms with Crippen molar-refractivity contribution in [3.05, 3.63) is 89.0 Å². The van der Waals surface area contributed by atoms with Gasteiger partial charge < -0.3 is 14.8 Å². The van der Waals surface area contributed by atoms with Crippen LogP contribution >= 0.6 is 0 Å². The van der Waals surface area contributed by atoms with E-state index in [1.54, 1.807) is 12.1 Å². The molecule has 2 amide bonds. The molecule has 5 heteroatoms. The minimum atomic E-state index is -0.229. The molecule has 1 fully saturated rings. The lowest BCUT2D eigenvalue weighted by molar-refractivity contribution is 0.161. The monoisotopic (exact) mass is 433 g/mol. The average Bonchev–Trinajstić information content (AvgIpc) is 3.21. The molecule has 0 bridgehead atoms. The Morgan fingerprint density at radius 3 is 2.62 bits per heavy atom. The fourth-order valence-electron chi connectivity index (χ4n) is 4.65. The standard InChI is InChI=1S/C27H32FN3O/c1-20-13-14-26(21(2)16-20)29-27(32)31(24-10-4-3-5-11-24)19-25-12-7-15-30(25)18-22-8-6-9-23(28)17-22/h6-9,12-17,24H,3-5,10-11,18-19H2,1-2H3,(H,29,32). The van der Waals surface area contributed by atoms with Crippen molar-refractivity contribution in [2.45, 2.75) is 65.1 Å². The minimum Gasteiger partial charge on any atom is -0.345 e. The number of nitrogens with one attached hydrogen (secondary N) is 1. The summed E-state index contributed by atoms with van der Waals surface area (Å²) in [5.74, 6) is -0.229. The molecular weight excluding hydrogens is 401 g/mol. The number of aromatic nitrogens is 1. The Kier molecular flexibility index (Phi) is 6.93. The Morgan fingerprint density at radius 1 is 1.06 bits per heavy atom. The maximum atomic E-state index is 13.6. The molecule has 4 rings (SSSR count). The molecule has 0 radical (unpaired) electrons. The van der Waals surface area contributed by atoms with Crippen LogP contribution in [-0.4, -0.2) is 21.5 Å². The van der Waals surface area contributed by atoms with Gasteiger partial charge in [0.05, 0.1) is 6.54 Å². The number of benzene rings is 2. The number of halogens is 1. The third kappa shape index (κ3) is 5.39. The van der Waals surface area contributed by atoms with Crippen LogP contribution in [0.1, 0.15) is 54.5 Å². The third-order valence-corrected chi connectivity index (χ3v) is 6.40. The first kappa shape index (κ1) is 22.1. The molecule has 1 aromatic heterocycles. The summed E-state index contributed by atoms with van der Waals surface area (Å²) in [7, 11) is 0. The van der Waals surface area contributed by atoms with Gasteiger partial charge in [-0.15, -0.1) is 0 Å². The third-order valence-electron chi connectivity index (χ3n) is 6.40. The predicted octanol–water partition coefficient (Wildman–Crippen LogP) is 6.66. The number of hydrogen-bond acceptors (Lipinski definition) is 1. The molecule has 0 unspecified atom stereocenters. The van der Waals surface area contributed by atoms with Crippen LogP contribution in [0.4, 0.5) is 14.9 Å². The topological polar surface area (TPSA) is 37.3 Å². The number of carbonyl (C=O) groups is 1. The molecule has 4 nitrogen and oxygen atoms in total. The minimum absolute atomic E-state index is 0.0534. The van der Waals surface area contributed by atoms with Gasteiger partial charge in [0, 0.05) is 30.2 Å². The summed E-state index contributed by atoms with van der Waals surface area (Å²) in [6, 6.07) is 17.0. The highest BCUT2D eigenvalue weighted by atomic mass is 19.1. The zero-order valence-corrected chi connectivity index (χ0v) is 19.0. The molecular formula is C27H32FN3O. The van der Waals surface area contributed by atoms with Crippen molar-refractivity contribution in [3.63, 3.8) is 0 Å². The summed E-state index contributed by atoms with van der Waals surface area (Å²) in [5, 5.41) is 3.15. The van der Waals surface area contributed by atoms with E-state index in [9.17, 15) is 9.18 Å². The Hall–Kier alpha value is -3.08. The molecule has 2 aromatic carbocycles. The number of nitrogens with zero attached hydrogens (tertiary/aromatic N) is 2. The lowest BCUT2D eigenvalue weighted by atomic mass is 9.94. The first-order valence-corrected chi connectivity index (χ1v) is 11.5. The maximum absolute atomic E-state index is 13.6. The summed E-state index contributed by atoms with van der Waals surface area (Å²) >= 11 is 0. The number of carbonyl (C=O) groups excluding carboxylic acids is 1. The van der Waals surface area contributed by atoms with Crippen molar-refractivity contribution in [2.24, 2.45) is 0 Å². The lowest BCUT2D eigenvalue weighted by Crippen LogP contribution is -2.43. The van der Waals surface area contributed by atoms with Crippen LogP contribution in [0.15, 0.2) is 60.8 Å². The molecule has 0 saturated heterocycles. The van der Waals surface area contributed by atoms with Crippen LogP contribution in [0.5, 0.6) is 0 Å². The number of anilines is 1. The molecule has 1 saturated carbocycles. The van der Waals surface area contributed by atoms with E-state index < -0.39 is 0 Å². The fraction of sp³-hybridized carbons (Fsp3) is 0.370. The zero-order valence-electron chi connectivity index (χ0n) is 19.0. The van der Waals surface area contributed by atoms with Crippen LogP contribution in [0.3, 0.4) is 0 Å². The molecule has 3 aromatic rings. The molecule has 1 heterocycles. The summed E-state index contributed by atoms with van der Waals surface area (Å²) in [5.41, 5.74) is 5.06. The van der Waals surface area contributed by atoms with E-state index in [0.29, 0.717) is 13.1 Å². The van der Waals surface area contributed by atoms with Crippen molar-refractivity contribution in [1.29, 1.82) is 0 Å². The second-order valence-corrected chi connectivity index (χ2v) is 8.93. The molecule has 0 atom stereocenters. The molecule has 1 aliphatic carbocycles. The van der Waals surface area contributed by atoms with Crippen LogP contribution in [0, 0.1) is 19.7 Å². The fourth-order valence-corrected chi connectivity index (χ4v) is 4.65. The van der Waals surface area contributed by atoms with Gasteiger partial charge in [0.25, 0.3) is 0 Å². The lowest BCUT2D eigenvalue weighted by Gasteiger charge is -2.35. The molecule has 1 aliphatic rings. The van der Waals surface area contributed by atoms with Gasteiger partial charge in [-0.25, -0.2) is 9.18 Å². The first-order chi connectivity index (χ1) is 15.5. The number of aryl methyl sites for hydroxylation is 2. The van der Waals surface area contributed by atoms with E-state index in [1.165, 1.54) is 18.1 Å². The molecule has 32 heavy (non-hydrogen) atoms. The van der Waals surface area contributed by atoms with Crippen molar-refractivity contribution in [3.8, 4) is 0 Å². The Balaban J connectivity index is 1.55. The average molecular weight is 434 g/mol. The maximum Gasteiger partial charge on any atom is 0.322 e. The van der Waals surface area contributed by atoms with Crippen molar-refractivity contribution in [1.82, 2.24) is 9.47 Å². The van der Waals surface area contributed by atoms with Gasteiger partial charge in [0.2, 0.25) is 0 Å². The van der Waals surface area contributed by atoms with Crippen LogP contribution < -0.4 is 5.32 Å². The number of hydrogen-bond donors (Lipinski definition) is 1. The number of amides is 2. The van der Waals surface area contributed by atoms with Gasteiger partial charge in [-0.1, -0.05) is 49.1 Å². The second kappa shape index (κ2) is 10.0. The van der Waals surface area contributed by atoms with Gasteiger partial charge in [-0.3, -0.25) is 0 Å². The smallest absolute Gasteiger partial charge is 0.322 e. The predicted molar refractivity (Wildman–Crippen MR) is 127 cm³/mol. The molecule has 0 aliphatic heterocycles. The van der Waals surface area contributed by atoms with E-state index in [0.717, 1.165) is 48.2 Å². The highest BCUT2D eigenvalue weighted by Crippen LogP contribution is 2.26. The van der Waals surface area contributed by atoms with Gasteiger partial charge in [-0.05, 0) is 68.1 Å². The van der Waals surface area contributed by atoms with Crippen molar-refractivity contribution >= 4 is 11.7 Å². The quantitative estimate of drug-likeness (QED) is 0.464. The van der Waals surface area contributed by atoms with E-state index in [-0.39, 0.29) is 17.9 Å². The Labute approximate surface area is 190 Å². The highest BCUT2D eigenvalue weighted by Gasteiger charge is 2.27. The summed E-state index contributed by atoms with van der Waals surface area (Å²) < 4.78 is 15.8. The SMILES string of the molecule is Cc1ccc(NC(=O)N(Cc2cccn2Cc2cccc(F)c2)C2CCCCC2)c(C)c1. The van der Waals surface area contributed by atoms with Gasteiger partial charge in [0.15, 0.2) is 0 Å². The largest absolute Gasteiger partial charge is 0.345 e. The molecule has 1 N–H and O–H groups in total. The van der Waals surface area contributed by atoms with E-state index >= 15 is 0 Å². The highest BCUT2D eigenvalue weighted by molar-refractivity contribution is 5.90. The summed E-state index contributed by atoms with van der Waals surface area (Å²) in [6.07, 6.45) is 7.61. The Bertz CT molecular complexity index is 1070. The van der Waals surface area contributed by atoms with Crippen LogP contribution in [-0.2, 0) is 13.1 Å². The van der Waals surface area contributed by atoms with Crippen molar-refractivity contribution < 1.29 is 9.18 Å². The van der Waals surface area contributed by atoms with Crippen LogP contribution in [0.25, 0.3) is 0 Å². The summed E-state index contributed by atoms with van der Waals surface area (Å²) in [6.45, 7) is 5.19. The van der Waals surface area contributed by atoms with Gasteiger partial charge in [0.1, 0.15) is 5.82 Å². The normalized spacial score (nSPS) is 14.3. The number of rotatable bonds is 6. The van der Waals surface area contributed by atoms with E-state index in [2.05, 4.69) is 28.9 Å². The van der Waals surface area contributed by atoms with Crippen molar-refractivity contribution in [2.75, 3.05) is 5.32 Å². The van der Waals surface area contributed by atoms with E-state index in [1.807, 2.05) is 42.3 Å². The second-order valence-electron chi connectivity index (χ2n) is 8.93. The number of urea groups is 1. The van der Waals surface area contributed by atoms with Gasteiger partial charge in [-0.2, -0.15) is 0 Å². The molecule has 168 valence electrons. The van der Waals surface area contributed by atoms with Crippen LogP contribution in [0.2, 0.25) is 0 Å². The Morgan fingerprint density at radius 2 is 1.88 bits per heavy atom. The summed E-state index contributed by atoms with van der Waals surface area (Å²) in [4.78, 5) is 15.4. The van der Waals surface area contributed by atoms with Gasteiger partial charge >= 0.3 is 6.03 Å². The van der Waals surface area contributed by atoms with E-state index in [4.69, 9.17) is 0 Å². The first-order valence-electron chi connectivity index (χ1n) is 11.5. The molecule has 0 spiro atoms.